The van der Waals surface area contributed by atoms with Gasteiger partial charge in [0.05, 0.1) is 11.1 Å². The summed E-state index contributed by atoms with van der Waals surface area (Å²) in [5.74, 6) is -1.06. The fourth-order valence-electron chi connectivity index (χ4n) is 1.81. The van der Waals surface area contributed by atoms with Crippen LogP contribution in [0.1, 0.15) is 21.5 Å². The monoisotopic (exact) mass is 329 g/mol. The Balaban J connectivity index is 2.34. The van der Waals surface area contributed by atoms with Gasteiger partial charge in [0.1, 0.15) is 5.75 Å². The molecule has 2 rings (SSSR count). The molecule has 2 N–H and O–H groups in total. The molecule has 0 aliphatic heterocycles. The second-order valence-electron chi connectivity index (χ2n) is 4.64. The van der Waals surface area contributed by atoms with Crippen molar-refractivity contribution in [2.75, 3.05) is 5.32 Å². The molecular formula is C15H11ClF3NO2. The number of amides is 1. The second kappa shape index (κ2) is 5.88. The van der Waals surface area contributed by atoms with Crippen LogP contribution in [0.25, 0.3) is 0 Å². The minimum Gasteiger partial charge on any atom is -0.507 e. The first-order chi connectivity index (χ1) is 10.2. The van der Waals surface area contributed by atoms with E-state index >= 15 is 0 Å². The van der Waals surface area contributed by atoms with Gasteiger partial charge >= 0.3 is 6.18 Å². The molecule has 0 aromatic heterocycles. The Labute approximate surface area is 129 Å². The Morgan fingerprint density at radius 1 is 1.18 bits per heavy atom. The van der Waals surface area contributed by atoms with E-state index < -0.39 is 17.6 Å². The van der Waals surface area contributed by atoms with Crippen molar-refractivity contribution < 1.29 is 23.1 Å². The van der Waals surface area contributed by atoms with Gasteiger partial charge in [-0.15, -0.1) is 0 Å². The quantitative estimate of drug-likeness (QED) is 0.844. The van der Waals surface area contributed by atoms with Gasteiger partial charge in [0.25, 0.3) is 5.91 Å². The summed E-state index contributed by atoms with van der Waals surface area (Å²) >= 11 is 5.74. The molecule has 0 saturated carbocycles. The number of hydrogen-bond donors (Lipinski definition) is 2. The molecular weight excluding hydrogens is 319 g/mol. The molecule has 0 fully saturated rings. The third-order valence-corrected chi connectivity index (χ3v) is 3.25. The molecule has 7 heteroatoms. The van der Waals surface area contributed by atoms with E-state index in [1.807, 2.05) is 0 Å². The van der Waals surface area contributed by atoms with Crippen LogP contribution in [0.15, 0.2) is 36.4 Å². The third kappa shape index (κ3) is 3.51. The van der Waals surface area contributed by atoms with E-state index in [1.54, 1.807) is 6.92 Å². The summed E-state index contributed by atoms with van der Waals surface area (Å²) in [5.41, 5.74) is -0.518. The van der Waals surface area contributed by atoms with Crippen LogP contribution in [0.3, 0.4) is 0 Å². The summed E-state index contributed by atoms with van der Waals surface area (Å²) in [7, 11) is 0. The number of phenols is 1. The molecule has 22 heavy (non-hydrogen) atoms. The Bertz CT molecular complexity index is 729. The lowest BCUT2D eigenvalue weighted by Crippen LogP contribution is -2.14. The summed E-state index contributed by atoms with van der Waals surface area (Å²) in [6.45, 7) is 1.56. The van der Waals surface area contributed by atoms with Gasteiger partial charge in [-0.25, -0.2) is 0 Å². The molecule has 0 saturated heterocycles. The normalized spacial score (nSPS) is 11.3. The van der Waals surface area contributed by atoms with Crippen LogP contribution in [0, 0.1) is 6.92 Å². The number of aryl methyl sites for hydroxylation is 1. The minimum atomic E-state index is -4.51. The smallest absolute Gasteiger partial charge is 0.416 e. The molecule has 0 unspecified atom stereocenters. The molecule has 3 nitrogen and oxygen atoms in total. The van der Waals surface area contributed by atoms with Crippen LogP contribution in [-0.2, 0) is 6.18 Å². The number of anilines is 1. The minimum absolute atomic E-state index is 0.0131. The first-order valence-corrected chi connectivity index (χ1v) is 6.54. The number of phenolic OH excluding ortho intramolecular Hbond substituents is 1. The zero-order valence-electron chi connectivity index (χ0n) is 11.3. The number of rotatable bonds is 2. The number of aromatic hydroxyl groups is 1. The third-order valence-electron chi connectivity index (χ3n) is 3.02. The van der Waals surface area contributed by atoms with Gasteiger partial charge in [-0.05, 0) is 42.8 Å². The van der Waals surface area contributed by atoms with Crippen LogP contribution in [0.5, 0.6) is 5.75 Å². The fraction of sp³-hybridized carbons (Fsp3) is 0.133. The van der Waals surface area contributed by atoms with Gasteiger partial charge in [0, 0.05) is 10.7 Å². The SMILES string of the molecule is Cc1ccc(C(F)(F)F)cc1NC(=O)c1cc(Cl)ccc1O. The van der Waals surface area contributed by atoms with E-state index in [0.29, 0.717) is 5.56 Å². The highest BCUT2D eigenvalue weighted by atomic mass is 35.5. The number of hydrogen-bond acceptors (Lipinski definition) is 2. The highest BCUT2D eigenvalue weighted by Gasteiger charge is 2.31. The number of alkyl halides is 3. The largest absolute Gasteiger partial charge is 0.507 e. The predicted octanol–water partition coefficient (Wildman–Crippen LogP) is 4.63. The summed E-state index contributed by atoms with van der Waals surface area (Å²) < 4.78 is 38.1. The zero-order chi connectivity index (χ0) is 16.5. The van der Waals surface area contributed by atoms with Crippen LogP contribution in [-0.4, -0.2) is 11.0 Å². The molecule has 0 bridgehead atoms. The lowest BCUT2D eigenvalue weighted by atomic mass is 10.1. The van der Waals surface area contributed by atoms with Crippen LogP contribution < -0.4 is 5.32 Å². The van der Waals surface area contributed by atoms with Crippen molar-refractivity contribution >= 4 is 23.2 Å². The van der Waals surface area contributed by atoms with Crippen LogP contribution in [0.2, 0.25) is 5.02 Å². The Morgan fingerprint density at radius 2 is 1.86 bits per heavy atom. The number of carbonyl (C=O) groups is 1. The number of carbonyl (C=O) groups excluding carboxylic acids is 1. The van der Waals surface area contributed by atoms with Gasteiger partial charge in [-0.1, -0.05) is 17.7 Å². The van der Waals surface area contributed by atoms with Crippen molar-refractivity contribution in [2.24, 2.45) is 0 Å². The predicted molar refractivity (Wildman–Crippen MR) is 77.3 cm³/mol. The van der Waals surface area contributed by atoms with Crippen molar-refractivity contribution in [1.82, 2.24) is 0 Å². The van der Waals surface area contributed by atoms with E-state index in [9.17, 15) is 23.1 Å². The molecule has 0 aliphatic rings. The molecule has 116 valence electrons. The molecule has 0 radical (unpaired) electrons. The van der Waals surface area contributed by atoms with Crippen LogP contribution >= 0.6 is 11.6 Å². The topological polar surface area (TPSA) is 49.3 Å². The highest BCUT2D eigenvalue weighted by molar-refractivity contribution is 6.31. The van der Waals surface area contributed by atoms with E-state index in [1.165, 1.54) is 24.3 Å². The Kier molecular flexibility index (Phi) is 4.32. The second-order valence-corrected chi connectivity index (χ2v) is 5.08. The van der Waals surface area contributed by atoms with Gasteiger partial charge in [0.2, 0.25) is 0 Å². The van der Waals surface area contributed by atoms with Crippen molar-refractivity contribution in [3.05, 3.63) is 58.1 Å². The highest BCUT2D eigenvalue weighted by Crippen LogP contribution is 2.32. The van der Waals surface area contributed by atoms with Crippen molar-refractivity contribution in [3.63, 3.8) is 0 Å². The molecule has 1 amide bonds. The molecule has 2 aromatic carbocycles. The van der Waals surface area contributed by atoms with Crippen molar-refractivity contribution in [1.29, 1.82) is 0 Å². The molecule has 2 aromatic rings. The van der Waals surface area contributed by atoms with Gasteiger partial charge < -0.3 is 10.4 Å². The number of benzene rings is 2. The Morgan fingerprint density at radius 3 is 2.50 bits per heavy atom. The summed E-state index contributed by atoms with van der Waals surface area (Å²) in [6.07, 6.45) is -4.51. The van der Waals surface area contributed by atoms with E-state index in [0.717, 1.165) is 12.1 Å². The zero-order valence-corrected chi connectivity index (χ0v) is 12.1. The first kappa shape index (κ1) is 16.2. The van der Waals surface area contributed by atoms with Crippen LogP contribution in [0.4, 0.5) is 18.9 Å². The van der Waals surface area contributed by atoms with E-state index in [4.69, 9.17) is 11.6 Å². The standard InChI is InChI=1S/C15H11ClF3NO2/c1-8-2-3-9(15(17,18)19)6-12(8)20-14(22)11-7-10(16)4-5-13(11)21/h2-7,21H,1H3,(H,20,22). The first-order valence-electron chi connectivity index (χ1n) is 6.16. The lowest BCUT2D eigenvalue weighted by molar-refractivity contribution is -0.137. The average Bonchev–Trinajstić information content (AvgIpc) is 2.42. The van der Waals surface area contributed by atoms with E-state index in [2.05, 4.69) is 5.32 Å². The number of nitrogens with one attached hydrogen (secondary N) is 1. The average molecular weight is 330 g/mol. The van der Waals surface area contributed by atoms with Gasteiger partial charge in [-0.3, -0.25) is 4.79 Å². The summed E-state index contributed by atoms with van der Waals surface area (Å²) in [4.78, 5) is 12.1. The summed E-state index contributed by atoms with van der Waals surface area (Å²) in [5, 5.41) is 12.2. The molecule has 0 atom stereocenters. The maximum absolute atomic E-state index is 12.7. The Hall–Kier alpha value is -2.21. The lowest BCUT2D eigenvalue weighted by Gasteiger charge is -2.13. The van der Waals surface area contributed by atoms with Crippen molar-refractivity contribution in [2.45, 2.75) is 13.1 Å². The van der Waals surface area contributed by atoms with Gasteiger partial charge in [-0.2, -0.15) is 13.2 Å². The molecule has 0 heterocycles. The van der Waals surface area contributed by atoms with E-state index in [-0.39, 0.29) is 22.0 Å². The van der Waals surface area contributed by atoms with Crippen molar-refractivity contribution in [3.8, 4) is 5.75 Å². The molecule has 0 spiro atoms. The number of halogens is 4. The van der Waals surface area contributed by atoms with Gasteiger partial charge in [0.15, 0.2) is 0 Å². The fourth-order valence-corrected chi connectivity index (χ4v) is 1.98. The maximum atomic E-state index is 12.7. The maximum Gasteiger partial charge on any atom is 0.416 e. The molecule has 0 aliphatic carbocycles. The summed E-state index contributed by atoms with van der Waals surface area (Å²) in [6, 6.07) is 6.89.